The largest absolute Gasteiger partial charge is 0.368 e. The van der Waals surface area contributed by atoms with Gasteiger partial charge in [0.15, 0.2) is 0 Å². The van der Waals surface area contributed by atoms with Crippen LogP contribution >= 0.6 is 0 Å². The number of benzene rings is 2. The van der Waals surface area contributed by atoms with Gasteiger partial charge in [-0.15, -0.1) is 0 Å². The highest BCUT2D eigenvalue weighted by atomic mass is 32.2. The number of piperazine rings is 1. The Morgan fingerprint density at radius 1 is 0.844 bits per heavy atom. The number of piperidine rings is 1. The molecule has 172 valence electrons. The van der Waals surface area contributed by atoms with Crippen LogP contribution in [0.3, 0.4) is 0 Å². The lowest BCUT2D eigenvalue weighted by molar-refractivity contribution is -0.137. The zero-order valence-corrected chi connectivity index (χ0v) is 20.1. The lowest BCUT2D eigenvalue weighted by Gasteiger charge is -2.39. The maximum atomic E-state index is 13.1. The number of carbonyl (C=O) groups is 1. The SMILES string of the molecule is Cc1ccc(S(=O)(=O)N2CCC(C(=O)N3CCN(c4cccc(C)c4C)CC3)CC2)cc1. The number of sulfonamides is 1. The fourth-order valence-electron chi connectivity index (χ4n) is 4.71. The molecule has 2 saturated heterocycles. The van der Waals surface area contributed by atoms with E-state index in [-0.39, 0.29) is 11.8 Å². The predicted molar refractivity (Wildman–Crippen MR) is 127 cm³/mol. The van der Waals surface area contributed by atoms with Gasteiger partial charge in [-0.3, -0.25) is 4.79 Å². The fraction of sp³-hybridized carbons (Fsp3) is 0.480. The average Bonchev–Trinajstić information content (AvgIpc) is 2.81. The molecule has 0 saturated carbocycles. The van der Waals surface area contributed by atoms with Gasteiger partial charge in [0.2, 0.25) is 15.9 Å². The van der Waals surface area contributed by atoms with Crippen molar-refractivity contribution in [3.63, 3.8) is 0 Å². The predicted octanol–water partition coefficient (Wildman–Crippen LogP) is 3.36. The van der Waals surface area contributed by atoms with E-state index in [9.17, 15) is 13.2 Å². The van der Waals surface area contributed by atoms with E-state index < -0.39 is 10.0 Å². The van der Waals surface area contributed by atoms with Gasteiger partial charge in [-0.05, 0) is 62.9 Å². The molecule has 0 aliphatic carbocycles. The highest BCUT2D eigenvalue weighted by Crippen LogP contribution is 2.27. The van der Waals surface area contributed by atoms with Crippen LogP contribution in [0.4, 0.5) is 5.69 Å². The number of hydrogen-bond acceptors (Lipinski definition) is 4. The van der Waals surface area contributed by atoms with E-state index in [0.29, 0.717) is 43.9 Å². The van der Waals surface area contributed by atoms with Crippen molar-refractivity contribution in [2.24, 2.45) is 5.92 Å². The summed E-state index contributed by atoms with van der Waals surface area (Å²) in [6.07, 6.45) is 1.17. The normalized spacial score (nSPS) is 18.7. The van der Waals surface area contributed by atoms with Gasteiger partial charge in [0.25, 0.3) is 0 Å². The molecule has 0 radical (unpaired) electrons. The second kappa shape index (κ2) is 9.24. The standard InChI is InChI=1S/C25H33N3O3S/c1-19-7-9-23(10-8-19)32(30,31)28-13-11-22(12-14-28)25(29)27-17-15-26(16-18-27)24-6-4-5-20(2)21(24)3/h4-10,22H,11-18H2,1-3H3. The fourth-order valence-corrected chi connectivity index (χ4v) is 6.18. The molecule has 2 aromatic rings. The van der Waals surface area contributed by atoms with Gasteiger partial charge in [-0.1, -0.05) is 29.8 Å². The third-order valence-electron chi connectivity index (χ3n) is 6.97. The zero-order valence-electron chi connectivity index (χ0n) is 19.3. The van der Waals surface area contributed by atoms with Crippen LogP contribution in [-0.4, -0.2) is 62.8 Å². The van der Waals surface area contributed by atoms with Crippen LogP contribution in [0.5, 0.6) is 0 Å². The summed E-state index contributed by atoms with van der Waals surface area (Å²) in [6, 6.07) is 13.3. The van der Waals surface area contributed by atoms with Gasteiger partial charge >= 0.3 is 0 Å². The van der Waals surface area contributed by atoms with Crippen LogP contribution in [-0.2, 0) is 14.8 Å². The molecule has 7 heteroatoms. The number of anilines is 1. The van der Waals surface area contributed by atoms with Crippen molar-refractivity contribution in [1.29, 1.82) is 0 Å². The second-order valence-corrected chi connectivity index (χ2v) is 11.0. The summed E-state index contributed by atoms with van der Waals surface area (Å²) in [5, 5.41) is 0. The van der Waals surface area contributed by atoms with Crippen LogP contribution in [0, 0.1) is 26.7 Å². The summed E-state index contributed by atoms with van der Waals surface area (Å²) in [6.45, 7) is 10.1. The summed E-state index contributed by atoms with van der Waals surface area (Å²) < 4.78 is 27.4. The smallest absolute Gasteiger partial charge is 0.243 e. The summed E-state index contributed by atoms with van der Waals surface area (Å²) in [4.78, 5) is 17.8. The maximum absolute atomic E-state index is 13.1. The van der Waals surface area contributed by atoms with Gasteiger partial charge < -0.3 is 9.80 Å². The molecule has 0 N–H and O–H groups in total. The number of rotatable bonds is 4. The molecule has 2 aromatic carbocycles. The summed E-state index contributed by atoms with van der Waals surface area (Å²) >= 11 is 0. The van der Waals surface area contributed by atoms with Crippen LogP contribution < -0.4 is 4.90 Å². The molecule has 0 spiro atoms. The van der Waals surface area contributed by atoms with E-state index in [4.69, 9.17) is 0 Å². The van der Waals surface area contributed by atoms with Crippen molar-refractivity contribution in [3.05, 3.63) is 59.2 Å². The first-order chi connectivity index (χ1) is 15.3. The molecule has 2 heterocycles. The van der Waals surface area contributed by atoms with E-state index in [1.54, 1.807) is 12.1 Å². The molecule has 6 nitrogen and oxygen atoms in total. The molecule has 0 unspecified atom stereocenters. The Morgan fingerprint density at radius 2 is 1.47 bits per heavy atom. The molecule has 0 aromatic heterocycles. The molecule has 2 aliphatic rings. The third kappa shape index (κ3) is 4.55. The van der Waals surface area contributed by atoms with Crippen molar-refractivity contribution >= 4 is 21.6 Å². The highest BCUT2D eigenvalue weighted by Gasteiger charge is 2.34. The Hall–Kier alpha value is -2.38. The van der Waals surface area contributed by atoms with Gasteiger partial charge in [-0.2, -0.15) is 4.31 Å². The molecule has 0 bridgehead atoms. The molecular weight excluding hydrogens is 422 g/mol. The Balaban J connectivity index is 1.32. The van der Waals surface area contributed by atoms with Crippen molar-refractivity contribution in [2.45, 2.75) is 38.5 Å². The Labute approximate surface area is 191 Å². The number of carbonyl (C=O) groups excluding carboxylic acids is 1. The van der Waals surface area contributed by atoms with Crippen LogP contribution in [0.15, 0.2) is 47.4 Å². The summed E-state index contributed by atoms with van der Waals surface area (Å²) in [5.41, 5.74) is 4.88. The maximum Gasteiger partial charge on any atom is 0.243 e. The Morgan fingerprint density at radius 3 is 2.09 bits per heavy atom. The van der Waals surface area contributed by atoms with E-state index in [1.165, 1.54) is 21.1 Å². The van der Waals surface area contributed by atoms with Gasteiger partial charge in [0.1, 0.15) is 0 Å². The van der Waals surface area contributed by atoms with Crippen LogP contribution in [0.2, 0.25) is 0 Å². The minimum Gasteiger partial charge on any atom is -0.368 e. The van der Waals surface area contributed by atoms with Gasteiger partial charge in [-0.25, -0.2) is 8.42 Å². The van der Waals surface area contributed by atoms with Crippen molar-refractivity contribution in [3.8, 4) is 0 Å². The first kappa shape index (κ1) is 22.8. The zero-order chi connectivity index (χ0) is 22.9. The van der Waals surface area contributed by atoms with Crippen molar-refractivity contribution < 1.29 is 13.2 Å². The molecule has 2 aliphatic heterocycles. The molecular formula is C25H33N3O3S. The monoisotopic (exact) mass is 455 g/mol. The van der Waals surface area contributed by atoms with Crippen LogP contribution in [0.25, 0.3) is 0 Å². The molecule has 2 fully saturated rings. The lowest BCUT2D eigenvalue weighted by atomic mass is 9.96. The van der Waals surface area contributed by atoms with Gasteiger partial charge in [0.05, 0.1) is 4.90 Å². The van der Waals surface area contributed by atoms with E-state index >= 15 is 0 Å². The minimum absolute atomic E-state index is 0.0910. The molecule has 0 atom stereocenters. The lowest BCUT2D eigenvalue weighted by Crippen LogP contribution is -2.52. The summed E-state index contributed by atoms with van der Waals surface area (Å²) in [5.74, 6) is 0.0877. The van der Waals surface area contributed by atoms with E-state index in [2.05, 4.69) is 36.9 Å². The number of hydrogen-bond donors (Lipinski definition) is 0. The van der Waals surface area contributed by atoms with Crippen molar-refractivity contribution in [1.82, 2.24) is 9.21 Å². The highest BCUT2D eigenvalue weighted by molar-refractivity contribution is 7.89. The van der Waals surface area contributed by atoms with E-state index in [1.807, 2.05) is 24.0 Å². The minimum atomic E-state index is -3.50. The first-order valence-corrected chi connectivity index (χ1v) is 12.9. The first-order valence-electron chi connectivity index (χ1n) is 11.4. The quantitative estimate of drug-likeness (QED) is 0.709. The number of aryl methyl sites for hydroxylation is 2. The topological polar surface area (TPSA) is 60.9 Å². The molecule has 1 amide bonds. The molecule has 32 heavy (non-hydrogen) atoms. The van der Waals surface area contributed by atoms with E-state index in [0.717, 1.165) is 18.7 Å². The Bertz CT molecular complexity index is 1070. The molecule has 4 rings (SSSR count). The average molecular weight is 456 g/mol. The van der Waals surface area contributed by atoms with Gasteiger partial charge in [0, 0.05) is 50.9 Å². The third-order valence-corrected chi connectivity index (χ3v) is 8.88. The van der Waals surface area contributed by atoms with Crippen LogP contribution in [0.1, 0.15) is 29.5 Å². The van der Waals surface area contributed by atoms with Crippen molar-refractivity contribution in [2.75, 3.05) is 44.2 Å². The number of nitrogens with zero attached hydrogens (tertiary/aromatic N) is 3. The summed E-state index contributed by atoms with van der Waals surface area (Å²) in [7, 11) is -3.50. The number of amides is 1. The second-order valence-electron chi connectivity index (χ2n) is 9.02. The Kier molecular flexibility index (Phi) is 6.58.